The van der Waals surface area contributed by atoms with Crippen LogP contribution in [-0.4, -0.2) is 141 Å². The van der Waals surface area contributed by atoms with E-state index in [2.05, 4.69) is 16.0 Å². The molecule has 0 aliphatic carbocycles. The van der Waals surface area contributed by atoms with Crippen molar-refractivity contribution in [2.75, 3.05) is 66.4 Å². The molecule has 0 saturated heterocycles. The number of carboxylic acid groups (broad SMARTS) is 2. The van der Waals surface area contributed by atoms with E-state index in [0.29, 0.717) is 38.7 Å². The van der Waals surface area contributed by atoms with Gasteiger partial charge in [0.2, 0.25) is 11.8 Å². The Kier molecular flexibility index (Phi) is 40.3. The Morgan fingerprint density at radius 1 is 0.476 bits per heavy atom. The minimum absolute atomic E-state index is 0.00375. The molecule has 0 bridgehead atoms. The summed E-state index contributed by atoms with van der Waals surface area (Å²) < 4.78 is 21.5. The zero-order valence-electron chi connectivity index (χ0n) is 38.6. The third kappa shape index (κ3) is 39.9. The number of rotatable bonds is 48. The number of unbranched alkanes of at least 4 members (excludes halogenated alkanes) is 15. The van der Waals surface area contributed by atoms with Crippen molar-refractivity contribution in [2.24, 2.45) is 0 Å². The number of aliphatic hydroxyl groups excluding tert-OH is 1. The molecular formula is C46H83N3O14. The lowest BCUT2D eigenvalue weighted by Crippen LogP contribution is -2.41. The van der Waals surface area contributed by atoms with Gasteiger partial charge in [-0.25, -0.2) is 4.79 Å². The van der Waals surface area contributed by atoms with E-state index >= 15 is 0 Å². The van der Waals surface area contributed by atoms with E-state index in [1.54, 1.807) is 7.05 Å². The van der Waals surface area contributed by atoms with Gasteiger partial charge in [-0.2, -0.15) is 0 Å². The lowest BCUT2D eigenvalue weighted by atomic mass is 10.0. The third-order valence-electron chi connectivity index (χ3n) is 10.5. The predicted octanol–water partition coefficient (Wildman–Crippen LogP) is 5.25. The van der Waals surface area contributed by atoms with Crippen LogP contribution >= 0.6 is 0 Å². The molecule has 0 saturated carbocycles. The summed E-state index contributed by atoms with van der Waals surface area (Å²) in [6.07, 6.45) is 18.7. The monoisotopic (exact) mass is 902 g/mol. The van der Waals surface area contributed by atoms with Gasteiger partial charge in [0.15, 0.2) is 11.6 Å². The number of carbonyl (C=O) groups is 7. The first-order chi connectivity index (χ1) is 30.4. The van der Waals surface area contributed by atoms with Crippen molar-refractivity contribution in [1.82, 2.24) is 16.0 Å². The molecule has 366 valence electrons. The molecule has 0 rings (SSSR count). The van der Waals surface area contributed by atoms with Gasteiger partial charge in [-0.15, -0.1) is 0 Å². The molecule has 2 amide bonds. The van der Waals surface area contributed by atoms with Gasteiger partial charge in [0.1, 0.15) is 31.1 Å². The molecule has 63 heavy (non-hydrogen) atoms. The van der Waals surface area contributed by atoms with Gasteiger partial charge in [-0.05, 0) is 52.5 Å². The standard InChI is InChI=1S/C46H83N3O14/c1-37(50)45(57)40(47-2)23-17-15-16-21-39(52)35-62-33-32-61-30-28-48-43(54)36-63-34-31-60-29-20-22-38(51)26-27-41(46(58)59)49-42(53)24-18-13-11-9-7-5-3-4-6-8-10-12-14-19-25-44(55)56/h37,40-41,47,50H,3-36H2,1-2H3,(H,48,54)(H,49,53)(H,55,56)(H,58,59)/t37?,40-,41-/m0/s1. The average molecular weight is 902 g/mol. The van der Waals surface area contributed by atoms with E-state index in [1.807, 2.05) is 0 Å². The second kappa shape index (κ2) is 42.6. The summed E-state index contributed by atoms with van der Waals surface area (Å²) in [5, 5.41) is 35.8. The van der Waals surface area contributed by atoms with Crippen LogP contribution in [0.1, 0.15) is 167 Å². The summed E-state index contributed by atoms with van der Waals surface area (Å²) in [5.41, 5.74) is 0. The van der Waals surface area contributed by atoms with Crippen molar-refractivity contribution in [1.29, 1.82) is 0 Å². The first kappa shape index (κ1) is 59.6. The summed E-state index contributed by atoms with van der Waals surface area (Å²) in [6, 6.07) is -1.48. The van der Waals surface area contributed by atoms with Gasteiger partial charge in [0, 0.05) is 45.3 Å². The normalized spacial score (nSPS) is 12.7. The number of nitrogens with one attached hydrogen (secondary N) is 3. The van der Waals surface area contributed by atoms with E-state index in [4.69, 9.17) is 24.1 Å². The van der Waals surface area contributed by atoms with E-state index in [1.165, 1.54) is 51.9 Å². The number of aliphatic carboxylic acids is 2. The second-order valence-corrected chi connectivity index (χ2v) is 16.2. The van der Waals surface area contributed by atoms with Crippen molar-refractivity contribution < 1.29 is 67.8 Å². The molecule has 0 heterocycles. The first-order valence-electron chi connectivity index (χ1n) is 23.6. The Bertz CT molecular complexity index is 1230. The summed E-state index contributed by atoms with van der Waals surface area (Å²) >= 11 is 0. The minimum atomic E-state index is -1.16. The maximum atomic E-state index is 12.3. The van der Waals surface area contributed by atoms with Gasteiger partial charge in [-0.3, -0.25) is 28.8 Å². The third-order valence-corrected chi connectivity index (χ3v) is 10.5. The average Bonchev–Trinajstić information content (AvgIpc) is 3.24. The van der Waals surface area contributed by atoms with Crippen molar-refractivity contribution >= 4 is 41.1 Å². The molecule has 17 nitrogen and oxygen atoms in total. The van der Waals surface area contributed by atoms with Crippen LogP contribution in [0, 0.1) is 0 Å². The number of carbonyl (C=O) groups excluding carboxylic acids is 5. The Morgan fingerprint density at radius 3 is 1.52 bits per heavy atom. The number of likely N-dealkylation sites (N-methyl/N-ethyl adjacent to an activating group) is 1. The molecule has 3 atom stereocenters. The quantitative estimate of drug-likeness (QED) is 0.0427. The maximum Gasteiger partial charge on any atom is 0.326 e. The smallest absolute Gasteiger partial charge is 0.326 e. The van der Waals surface area contributed by atoms with Crippen LogP contribution in [0.2, 0.25) is 0 Å². The molecule has 0 aromatic rings. The van der Waals surface area contributed by atoms with Crippen LogP contribution in [0.3, 0.4) is 0 Å². The van der Waals surface area contributed by atoms with Crippen LogP contribution in [0.5, 0.6) is 0 Å². The molecule has 0 aromatic carbocycles. The Labute approximate surface area is 376 Å². The Hall–Kier alpha value is -3.35. The largest absolute Gasteiger partial charge is 0.481 e. The zero-order chi connectivity index (χ0) is 46.8. The van der Waals surface area contributed by atoms with Crippen LogP contribution in [0.4, 0.5) is 0 Å². The molecule has 0 spiro atoms. The molecule has 0 fully saturated rings. The highest BCUT2D eigenvalue weighted by atomic mass is 16.5. The topological polar surface area (TPSA) is 253 Å². The van der Waals surface area contributed by atoms with Crippen LogP contribution in [0.15, 0.2) is 0 Å². The molecule has 0 aromatic heterocycles. The fraction of sp³-hybridized carbons (Fsp3) is 0.848. The molecule has 0 aliphatic rings. The van der Waals surface area contributed by atoms with Crippen LogP contribution < -0.4 is 16.0 Å². The second-order valence-electron chi connectivity index (χ2n) is 16.2. The number of ketones is 3. The Balaban J connectivity index is 3.67. The highest BCUT2D eigenvalue weighted by Gasteiger charge is 2.21. The van der Waals surface area contributed by atoms with Crippen molar-refractivity contribution in [2.45, 2.75) is 186 Å². The van der Waals surface area contributed by atoms with Crippen LogP contribution in [-0.2, 0) is 52.5 Å². The summed E-state index contributed by atoms with van der Waals surface area (Å²) in [4.78, 5) is 82.7. The highest BCUT2D eigenvalue weighted by molar-refractivity contribution is 5.87. The SMILES string of the molecule is CN[C@@H](CCCCCC(=O)COCCOCCNC(=O)COCCOCCCC(=O)CC[C@H](NC(=O)CCCCCCCCCCCCCCCCC(=O)O)C(=O)O)C(=O)C(C)O. The van der Waals surface area contributed by atoms with E-state index in [-0.39, 0.29) is 120 Å². The fourth-order valence-corrected chi connectivity index (χ4v) is 6.75. The highest BCUT2D eigenvalue weighted by Crippen LogP contribution is 2.14. The van der Waals surface area contributed by atoms with Gasteiger partial charge in [0.25, 0.3) is 0 Å². The van der Waals surface area contributed by atoms with E-state index in [0.717, 1.165) is 51.4 Å². The van der Waals surface area contributed by atoms with Gasteiger partial charge in [0.05, 0.1) is 39.1 Å². The molecule has 0 aliphatic heterocycles. The number of carboxylic acids is 2. The molecular weight excluding hydrogens is 819 g/mol. The lowest BCUT2D eigenvalue weighted by Gasteiger charge is -2.16. The van der Waals surface area contributed by atoms with Crippen molar-refractivity contribution in [3.05, 3.63) is 0 Å². The summed E-state index contributed by atoms with van der Waals surface area (Å²) in [5.74, 6) is -2.83. The maximum absolute atomic E-state index is 12.3. The van der Waals surface area contributed by atoms with Crippen LogP contribution in [0.25, 0.3) is 0 Å². The Morgan fingerprint density at radius 2 is 0.968 bits per heavy atom. The zero-order valence-corrected chi connectivity index (χ0v) is 38.6. The van der Waals surface area contributed by atoms with E-state index < -0.39 is 24.1 Å². The predicted molar refractivity (Wildman–Crippen MR) is 238 cm³/mol. The van der Waals surface area contributed by atoms with Gasteiger partial charge in [-0.1, -0.05) is 89.9 Å². The number of hydrogen-bond donors (Lipinski definition) is 6. The molecule has 6 N–H and O–H groups in total. The molecule has 0 radical (unpaired) electrons. The van der Waals surface area contributed by atoms with Crippen molar-refractivity contribution in [3.63, 3.8) is 0 Å². The summed E-state index contributed by atoms with van der Waals surface area (Å²) in [6.45, 7) is 3.14. The van der Waals surface area contributed by atoms with Gasteiger partial charge < -0.3 is 50.2 Å². The molecule has 17 heteroatoms. The number of hydrogen-bond acceptors (Lipinski definition) is 13. The molecule has 1 unspecified atom stereocenters. The fourth-order valence-electron chi connectivity index (χ4n) is 6.75. The minimum Gasteiger partial charge on any atom is -0.481 e. The van der Waals surface area contributed by atoms with Gasteiger partial charge >= 0.3 is 11.9 Å². The number of aliphatic hydroxyl groups is 1. The summed E-state index contributed by atoms with van der Waals surface area (Å²) in [7, 11) is 1.69. The number of Topliss-reactive ketones (excluding diaryl/α,β-unsaturated/α-hetero) is 3. The number of ether oxygens (including phenoxy) is 4. The first-order valence-corrected chi connectivity index (χ1v) is 23.6. The lowest BCUT2D eigenvalue weighted by molar-refractivity contribution is -0.142. The van der Waals surface area contributed by atoms with E-state index in [9.17, 15) is 43.8 Å². The van der Waals surface area contributed by atoms with Crippen molar-refractivity contribution in [3.8, 4) is 0 Å². The number of amides is 2.